The highest BCUT2D eigenvalue weighted by molar-refractivity contribution is 7.93. The van der Waals surface area contributed by atoms with Crippen LogP contribution in [0.1, 0.15) is 28.8 Å². The molecule has 0 radical (unpaired) electrons. The number of nitrogens with one attached hydrogen (secondary N) is 2. The van der Waals surface area contributed by atoms with Crippen molar-refractivity contribution in [3.8, 4) is 0 Å². The third-order valence-corrected chi connectivity index (χ3v) is 8.27. The molecule has 0 aliphatic carbocycles. The average molecular weight is 498 g/mol. The number of aromatic nitrogens is 3. The van der Waals surface area contributed by atoms with Crippen molar-refractivity contribution in [1.82, 2.24) is 20.1 Å². The standard InChI is InChI=1S/C23H23N5O4S2/c29-22(28-10-8-23(30,9-11-28)12-16-13-25-26-14-16)17-4-6-18(7-5-17)27-34(31,32)20-3-1-2-19-21(20)24-15-33-19/h1-7,13-15,27,30H,8-12H2,(H,25,26). The van der Waals surface area contributed by atoms with E-state index >= 15 is 0 Å². The Labute approximate surface area is 200 Å². The summed E-state index contributed by atoms with van der Waals surface area (Å²) in [6.07, 6.45) is 4.91. The van der Waals surface area contributed by atoms with E-state index in [2.05, 4.69) is 19.9 Å². The molecule has 2 aromatic carbocycles. The van der Waals surface area contributed by atoms with Crippen LogP contribution in [0.25, 0.3) is 10.2 Å². The summed E-state index contributed by atoms with van der Waals surface area (Å²) in [7, 11) is -3.83. The lowest BCUT2D eigenvalue weighted by Crippen LogP contribution is -2.47. The molecule has 3 heterocycles. The predicted molar refractivity (Wildman–Crippen MR) is 129 cm³/mol. The Bertz CT molecular complexity index is 1410. The van der Waals surface area contributed by atoms with E-state index in [0.29, 0.717) is 49.1 Å². The molecule has 11 heteroatoms. The van der Waals surface area contributed by atoms with Crippen molar-refractivity contribution in [2.24, 2.45) is 0 Å². The summed E-state index contributed by atoms with van der Waals surface area (Å²) in [5.41, 5.74) is 2.95. The van der Waals surface area contributed by atoms with Crippen LogP contribution in [0.2, 0.25) is 0 Å². The zero-order chi connectivity index (χ0) is 23.8. The van der Waals surface area contributed by atoms with E-state index < -0.39 is 15.6 Å². The molecular weight excluding hydrogens is 474 g/mol. The molecule has 2 aromatic heterocycles. The van der Waals surface area contributed by atoms with E-state index in [0.717, 1.165) is 10.3 Å². The number of aromatic amines is 1. The maximum Gasteiger partial charge on any atom is 0.264 e. The minimum atomic E-state index is -3.83. The number of rotatable bonds is 6. The summed E-state index contributed by atoms with van der Waals surface area (Å²) in [6, 6.07) is 11.4. The second-order valence-corrected chi connectivity index (χ2v) is 11.0. The predicted octanol–water partition coefficient (Wildman–Crippen LogP) is 3.03. The van der Waals surface area contributed by atoms with Gasteiger partial charge in [0.05, 0.1) is 22.0 Å². The molecule has 1 amide bonds. The Morgan fingerprint density at radius 1 is 1.18 bits per heavy atom. The molecule has 34 heavy (non-hydrogen) atoms. The van der Waals surface area contributed by atoms with Gasteiger partial charge in [-0.15, -0.1) is 11.3 Å². The van der Waals surface area contributed by atoms with Crippen molar-refractivity contribution < 1.29 is 18.3 Å². The van der Waals surface area contributed by atoms with Crippen LogP contribution in [0, 0.1) is 0 Å². The van der Waals surface area contributed by atoms with Crippen LogP contribution in [0.4, 0.5) is 5.69 Å². The summed E-state index contributed by atoms with van der Waals surface area (Å²) < 4.78 is 29.2. The number of nitrogens with zero attached hydrogens (tertiary/aromatic N) is 3. The van der Waals surface area contributed by atoms with Crippen molar-refractivity contribution >= 4 is 43.2 Å². The van der Waals surface area contributed by atoms with Crippen LogP contribution < -0.4 is 4.72 Å². The normalized spacial score (nSPS) is 16.0. The molecule has 176 valence electrons. The van der Waals surface area contributed by atoms with Crippen molar-refractivity contribution in [1.29, 1.82) is 0 Å². The Hall–Kier alpha value is -3.28. The summed E-state index contributed by atoms with van der Waals surface area (Å²) in [6.45, 7) is 0.887. The van der Waals surface area contributed by atoms with Gasteiger partial charge in [0.25, 0.3) is 15.9 Å². The number of fused-ring (bicyclic) bond motifs is 1. The molecule has 0 spiro atoms. The number of hydrogen-bond donors (Lipinski definition) is 3. The van der Waals surface area contributed by atoms with Gasteiger partial charge in [-0.1, -0.05) is 6.07 Å². The molecule has 4 aromatic rings. The lowest BCUT2D eigenvalue weighted by Gasteiger charge is -2.38. The molecule has 1 saturated heterocycles. The topological polar surface area (TPSA) is 128 Å². The molecule has 9 nitrogen and oxygen atoms in total. The number of anilines is 1. The van der Waals surface area contributed by atoms with Crippen molar-refractivity contribution in [2.75, 3.05) is 17.8 Å². The molecule has 3 N–H and O–H groups in total. The second-order valence-electron chi connectivity index (χ2n) is 8.44. The molecular formula is C23H23N5O4S2. The van der Waals surface area contributed by atoms with Gasteiger partial charge in [0, 0.05) is 37.0 Å². The van der Waals surface area contributed by atoms with E-state index in [1.165, 1.54) is 17.4 Å². The molecule has 1 fully saturated rings. The van der Waals surface area contributed by atoms with Crippen LogP contribution in [0.3, 0.4) is 0 Å². The molecule has 5 rings (SSSR count). The van der Waals surface area contributed by atoms with E-state index in [4.69, 9.17) is 0 Å². The zero-order valence-corrected chi connectivity index (χ0v) is 19.8. The van der Waals surface area contributed by atoms with Crippen LogP contribution in [0.5, 0.6) is 0 Å². The maximum absolute atomic E-state index is 12.9. The number of hydrogen-bond acceptors (Lipinski definition) is 7. The Morgan fingerprint density at radius 2 is 1.94 bits per heavy atom. The van der Waals surface area contributed by atoms with Gasteiger partial charge in [0.15, 0.2) is 0 Å². The minimum absolute atomic E-state index is 0.114. The number of amides is 1. The van der Waals surface area contributed by atoms with Gasteiger partial charge in [-0.3, -0.25) is 14.6 Å². The molecule has 0 atom stereocenters. The van der Waals surface area contributed by atoms with Crippen LogP contribution in [0.15, 0.2) is 65.3 Å². The third-order valence-electron chi connectivity index (χ3n) is 6.07. The fourth-order valence-electron chi connectivity index (χ4n) is 4.21. The van der Waals surface area contributed by atoms with Gasteiger partial charge in [0.1, 0.15) is 10.4 Å². The summed E-state index contributed by atoms with van der Waals surface area (Å²) in [5, 5.41) is 17.5. The number of carbonyl (C=O) groups excluding carboxylic acids is 1. The smallest absolute Gasteiger partial charge is 0.264 e. The van der Waals surface area contributed by atoms with Crippen molar-refractivity contribution in [3.63, 3.8) is 0 Å². The molecule has 0 saturated carbocycles. The molecule has 0 unspecified atom stereocenters. The fraction of sp³-hybridized carbons (Fsp3) is 0.261. The first-order valence-electron chi connectivity index (χ1n) is 10.8. The minimum Gasteiger partial charge on any atom is -0.389 e. The van der Waals surface area contributed by atoms with Crippen molar-refractivity contribution in [3.05, 3.63) is 71.5 Å². The summed E-state index contributed by atoms with van der Waals surface area (Å²) in [4.78, 5) is 18.9. The lowest BCUT2D eigenvalue weighted by atomic mass is 9.86. The van der Waals surface area contributed by atoms with Gasteiger partial charge in [-0.2, -0.15) is 5.10 Å². The Morgan fingerprint density at radius 3 is 2.65 bits per heavy atom. The van der Waals surface area contributed by atoms with Gasteiger partial charge in [0.2, 0.25) is 0 Å². The number of benzene rings is 2. The van der Waals surface area contributed by atoms with Crippen molar-refractivity contribution in [2.45, 2.75) is 29.8 Å². The van der Waals surface area contributed by atoms with Gasteiger partial charge in [-0.05, 0) is 54.8 Å². The van der Waals surface area contributed by atoms with E-state index in [9.17, 15) is 18.3 Å². The second kappa shape index (κ2) is 8.82. The number of carbonyl (C=O) groups is 1. The number of thiazole rings is 1. The third kappa shape index (κ3) is 4.54. The van der Waals surface area contributed by atoms with E-state index in [1.54, 1.807) is 53.1 Å². The number of para-hydroxylation sites is 1. The quantitative estimate of drug-likeness (QED) is 0.376. The average Bonchev–Trinajstić information content (AvgIpc) is 3.51. The first kappa shape index (κ1) is 22.5. The number of aliphatic hydroxyl groups is 1. The van der Waals surface area contributed by atoms with Gasteiger partial charge in [-0.25, -0.2) is 13.4 Å². The van der Waals surface area contributed by atoms with Crippen LogP contribution in [-0.2, 0) is 16.4 Å². The van der Waals surface area contributed by atoms with Gasteiger partial charge < -0.3 is 10.0 Å². The van der Waals surface area contributed by atoms with Gasteiger partial charge >= 0.3 is 0 Å². The molecule has 1 aliphatic rings. The SMILES string of the molecule is O=C(c1ccc(NS(=O)(=O)c2cccc3scnc23)cc1)N1CCC(O)(Cc2cn[nH]c2)CC1. The number of piperidine rings is 1. The molecule has 0 bridgehead atoms. The summed E-state index contributed by atoms with van der Waals surface area (Å²) >= 11 is 1.38. The maximum atomic E-state index is 12.9. The van der Waals surface area contributed by atoms with E-state index in [-0.39, 0.29) is 10.8 Å². The number of H-pyrrole nitrogens is 1. The Balaban J connectivity index is 1.24. The largest absolute Gasteiger partial charge is 0.389 e. The Kier molecular flexibility index (Phi) is 5.84. The molecule has 1 aliphatic heterocycles. The lowest BCUT2D eigenvalue weighted by molar-refractivity contribution is -0.0162. The first-order chi connectivity index (χ1) is 16.3. The van der Waals surface area contributed by atoms with Crippen LogP contribution >= 0.6 is 11.3 Å². The zero-order valence-electron chi connectivity index (χ0n) is 18.1. The van der Waals surface area contributed by atoms with Crippen LogP contribution in [-0.4, -0.2) is 58.2 Å². The fourth-order valence-corrected chi connectivity index (χ4v) is 6.21. The monoisotopic (exact) mass is 497 g/mol. The summed E-state index contributed by atoms with van der Waals surface area (Å²) in [5.74, 6) is -0.146. The van der Waals surface area contributed by atoms with E-state index in [1.807, 2.05) is 6.07 Å². The highest BCUT2D eigenvalue weighted by Crippen LogP contribution is 2.28. The highest BCUT2D eigenvalue weighted by atomic mass is 32.2. The number of likely N-dealkylation sites (tertiary alicyclic amines) is 1. The highest BCUT2D eigenvalue weighted by Gasteiger charge is 2.34. The number of sulfonamides is 1. The first-order valence-corrected chi connectivity index (χ1v) is 13.1.